The van der Waals surface area contributed by atoms with Gasteiger partial charge in [0.2, 0.25) is 0 Å². The highest BCUT2D eigenvalue weighted by molar-refractivity contribution is 9.10. The lowest BCUT2D eigenvalue weighted by Gasteiger charge is -2.00. The molecule has 96 valence electrons. The van der Waals surface area contributed by atoms with Gasteiger partial charge in [0.1, 0.15) is 10.5 Å². The molecule has 0 spiro atoms. The van der Waals surface area contributed by atoms with Crippen LogP contribution in [0.2, 0.25) is 0 Å². The molecule has 0 saturated heterocycles. The lowest BCUT2D eigenvalue weighted by Crippen LogP contribution is -1.83. The minimum absolute atomic E-state index is 0.553. The molecule has 0 atom stereocenters. The second-order valence-electron chi connectivity index (χ2n) is 4.11. The molecule has 0 aliphatic rings. The van der Waals surface area contributed by atoms with Crippen LogP contribution >= 0.6 is 27.7 Å². The van der Waals surface area contributed by atoms with Crippen molar-refractivity contribution >= 4 is 44.5 Å². The summed E-state index contributed by atoms with van der Waals surface area (Å²) in [5, 5.41) is 1.38. The fourth-order valence-electron chi connectivity index (χ4n) is 1.64. The molecule has 0 fully saturated rings. The number of aryl methyl sites for hydroxylation is 1. The number of halogens is 1. The van der Waals surface area contributed by atoms with E-state index in [1.807, 2.05) is 25.3 Å². The normalized spacial score (nSPS) is 11.1. The van der Waals surface area contributed by atoms with Crippen LogP contribution < -0.4 is 5.73 Å². The molecule has 0 amide bonds. The quantitative estimate of drug-likeness (QED) is 0.716. The van der Waals surface area contributed by atoms with E-state index in [1.54, 1.807) is 12.1 Å². The third kappa shape index (κ3) is 2.59. The summed E-state index contributed by atoms with van der Waals surface area (Å²) in [5.74, 6) is 0. The molecule has 0 unspecified atom stereocenters. The maximum atomic E-state index is 5.71. The Morgan fingerprint density at radius 2 is 2.16 bits per heavy atom. The van der Waals surface area contributed by atoms with Crippen LogP contribution in [0.3, 0.4) is 0 Å². The first-order valence-corrected chi connectivity index (χ1v) is 7.19. The number of anilines is 1. The molecule has 0 aliphatic carbocycles. The number of oxazole rings is 1. The Bertz CT molecular complexity index is 757. The molecule has 2 N–H and O–H groups in total. The summed E-state index contributed by atoms with van der Waals surface area (Å²) in [6.07, 6.45) is 1.81. The highest BCUT2D eigenvalue weighted by Gasteiger charge is 2.11. The van der Waals surface area contributed by atoms with E-state index in [2.05, 4.69) is 25.9 Å². The van der Waals surface area contributed by atoms with Gasteiger partial charge in [0, 0.05) is 18.0 Å². The highest BCUT2D eigenvalue weighted by atomic mass is 79.9. The lowest BCUT2D eigenvalue weighted by atomic mass is 10.3. The van der Waals surface area contributed by atoms with Gasteiger partial charge in [0.15, 0.2) is 5.58 Å². The van der Waals surface area contributed by atoms with Crippen LogP contribution in [0.25, 0.3) is 11.1 Å². The fraction of sp³-hybridized carbons (Fsp3) is 0.0769. The van der Waals surface area contributed by atoms with Gasteiger partial charge in [-0.25, -0.2) is 9.97 Å². The number of pyridine rings is 1. The SMILES string of the molecule is Cc1cnc(Sc2nc3ccc(N)cc3o2)c(Br)c1. The van der Waals surface area contributed by atoms with Gasteiger partial charge < -0.3 is 10.2 Å². The Morgan fingerprint density at radius 1 is 1.32 bits per heavy atom. The number of nitrogen functional groups attached to an aromatic ring is 1. The second kappa shape index (κ2) is 4.86. The van der Waals surface area contributed by atoms with Crippen molar-refractivity contribution in [2.75, 3.05) is 5.73 Å². The maximum Gasteiger partial charge on any atom is 0.263 e. The van der Waals surface area contributed by atoms with Gasteiger partial charge in [0.25, 0.3) is 5.22 Å². The van der Waals surface area contributed by atoms with E-state index in [4.69, 9.17) is 10.2 Å². The Morgan fingerprint density at radius 3 is 2.95 bits per heavy atom. The predicted molar refractivity (Wildman–Crippen MR) is 79.2 cm³/mol. The summed E-state index contributed by atoms with van der Waals surface area (Å²) in [5.41, 5.74) is 8.95. The van der Waals surface area contributed by atoms with Gasteiger partial charge in [-0.05, 0) is 58.4 Å². The molecule has 0 bridgehead atoms. The number of aromatic nitrogens is 2. The first-order chi connectivity index (χ1) is 9.11. The summed E-state index contributed by atoms with van der Waals surface area (Å²) in [6, 6.07) is 7.43. The van der Waals surface area contributed by atoms with Crippen LogP contribution in [0, 0.1) is 6.92 Å². The zero-order chi connectivity index (χ0) is 13.4. The van der Waals surface area contributed by atoms with Gasteiger partial charge in [-0.1, -0.05) is 0 Å². The standard InChI is InChI=1S/C13H10BrN3OS/c1-7-4-9(14)12(16-6-7)19-13-17-10-3-2-8(15)5-11(10)18-13/h2-6H,15H2,1H3. The largest absolute Gasteiger partial charge is 0.431 e. The molecule has 0 radical (unpaired) electrons. The molecular weight excluding hydrogens is 326 g/mol. The van der Waals surface area contributed by atoms with Crippen molar-refractivity contribution in [3.8, 4) is 0 Å². The van der Waals surface area contributed by atoms with E-state index in [0.29, 0.717) is 16.5 Å². The van der Waals surface area contributed by atoms with Crippen molar-refractivity contribution in [1.82, 2.24) is 9.97 Å². The van der Waals surface area contributed by atoms with Gasteiger partial charge in [-0.3, -0.25) is 0 Å². The van der Waals surface area contributed by atoms with E-state index in [-0.39, 0.29) is 0 Å². The highest BCUT2D eigenvalue weighted by Crippen LogP contribution is 2.33. The summed E-state index contributed by atoms with van der Waals surface area (Å²) in [4.78, 5) is 8.74. The van der Waals surface area contributed by atoms with Gasteiger partial charge in [-0.2, -0.15) is 0 Å². The molecule has 4 nitrogen and oxygen atoms in total. The summed E-state index contributed by atoms with van der Waals surface area (Å²) in [6.45, 7) is 1.99. The molecule has 0 saturated carbocycles. The monoisotopic (exact) mass is 335 g/mol. The number of hydrogen-bond donors (Lipinski definition) is 1. The number of fused-ring (bicyclic) bond motifs is 1. The van der Waals surface area contributed by atoms with Crippen LogP contribution in [0.5, 0.6) is 0 Å². The minimum Gasteiger partial charge on any atom is -0.431 e. The molecule has 19 heavy (non-hydrogen) atoms. The lowest BCUT2D eigenvalue weighted by molar-refractivity contribution is 0.489. The van der Waals surface area contributed by atoms with Crippen LogP contribution in [-0.4, -0.2) is 9.97 Å². The van der Waals surface area contributed by atoms with Crippen molar-refractivity contribution < 1.29 is 4.42 Å². The zero-order valence-electron chi connectivity index (χ0n) is 10.1. The summed E-state index contributed by atoms with van der Waals surface area (Å²) >= 11 is 4.87. The first-order valence-electron chi connectivity index (χ1n) is 5.58. The number of rotatable bonds is 2. The van der Waals surface area contributed by atoms with E-state index < -0.39 is 0 Å². The van der Waals surface area contributed by atoms with Crippen molar-refractivity contribution in [3.05, 3.63) is 40.5 Å². The molecule has 6 heteroatoms. The molecule has 2 heterocycles. The van der Waals surface area contributed by atoms with Crippen molar-refractivity contribution in [3.63, 3.8) is 0 Å². The molecule has 2 aromatic heterocycles. The average Bonchev–Trinajstić information content (AvgIpc) is 2.74. The smallest absolute Gasteiger partial charge is 0.263 e. The van der Waals surface area contributed by atoms with Crippen molar-refractivity contribution in [1.29, 1.82) is 0 Å². The van der Waals surface area contributed by atoms with E-state index >= 15 is 0 Å². The molecular formula is C13H10BrN3OS. The molecule has 1 aromatic carbocycles. The Kier molecular flexibility index (Phi) is 3.20. The van der Waals surface area contributed by atoms with Crippen LogP contribution in [0.1, 0.15) is 5.56 Å². The number of nitrogens with two attached hydrogens (primary N) is 1. The summed E-state index contributed by atoms with van der Waals surface area (Å²) < 4.78 is 6.58. The second-order valence-corrected chi connectivity index (χ2v) is 5.90. The maximum absolute atomic E-state index is 5.71. The van der Waals surface area contributed by atoms with E-state index in [0.717, 1.165) is 20.6 Å². The number of nitrogens with zero attached hydrogens (tertiary/aromatic N) is 2. The predicted octanol–water partition coefficient (Wildman–Crippen LogP) is 4.03. The van der Waals surface area contributed by atoms with Gasteiger partial charge in [0.05, 0.1) is 4.47 Å². The number of benzene rings is 1. The Labute approximate surface area is 122 Å². The van der Waals surface area contributed by atoms with E-state index in [1.165, 1.54) is 11.8 Å². The fourth-order valence-corrected chi connectivity index (χ4v) is 3.05. The van der Waals surface area contributed by atoms with E-state index in [9.17, 15) is 0 Å². The molecule has 3 rings (SSSR count). The third-order valence-electron chi connectivity index (χ3n) is 2.52. The zero-order valence-corrected chi connectivity index (χ0v) is 12.5. The number of hydrogen-bond acceptors (Lipinski definition) is 5. The molecule has 0 aliphatic heterocycles. The van der Waals surface area contributed by atoms with Crippen LogP contribution in [0.15, 0.2) is 49.6 Å². The van der Waals surface area contributed by atoms with Crippen molar-refractivity contribution in [2.45, 2.75) is 17.2 Å². The summed E-state index contributed by atoms with van der Waals surface area (Å²) in [7, 11) is 0. The topological polar surface area (TPSA) is 64.9 Å². The average molecular weight is 336 g/mol. The van der Waals surface area contributed by atoms with Gasteiger partial charge >= 0.3 is 0 Å². The third-order valence-corrected chi connectivity index (χ3v) is 4.26. The van der Waals surface area contributed by atoms with Crippen LogP contribution in [0.4, 0.5) is 5.69 Å². The van der Waals surface area contributed by atoms with Gasteiger partial charge in [-0.15, -0.1) is 0 Å². The molecule has 3 aromatic rings. The Hall–Kier alpha value is -1.53. The van der Waals surface area contributed by atoms with Crippen LogP contribution in [-0.2, 0) is 0 Å². The Balaban J connectivity index is 1.96. The van der Waals surface area contributed by atoms with Crippen molar-refractivity contribution in [2.24, 2.45) is 0 Å². The first kappa shape index (κ1) is 12.5. The minimum atomic E-state index is 0.553.